The Morgan fingerprint density at radius 3 is 2.53 bits per heavy atom. The second kappa shape index (κ2) is 7.68. The standard InChI is InChI=1S/C13H18O4/c1-3-13(14)17-12(9-15-2)10-16-11-7-5-4-6-8-11/h4-8,12H,3,9-10H2,1-2H3/t12-/m0/s1. The molecule has 0 aliphatic heterocycles. The van der Waals surface area contributed by atoms with E-state index in [2.05, 4.69) is 0 Å². The van der Waals surface area contributed by atoms with Crippen LogP contribution >= 0.6 is 0 Å². The van der Waals surface area contributed by atoms with Crippen molar-refractivity contribution < 1.29 is 19.0 Å². The van der Waals surface area contributed by atoms with Gasteiger partial charge in [-0.2, -0.15) is 0 Å². The summed E-state index contributed by atoms with van der Waals surface area (Å²) in [5, 5.41) is 0. The van der Waals surface area contributed by atoms with Crippen LogP contribution in [0.5, 0.6) is 5.75 Å². The summed E-state index contributed by atoms with van der Waals surface area (Å²) in [6.07, 6.45) is -0.0152. The Kier molecular flexibility index (Phi) is 6.10. The van der Waals surface area contributed by atoms with Gasteiger partial charge in [0.1, 0.15) is 12.4 Å². The number of methoxy groups -OCH3 is 1. The van der Waals surface area contributed by atoms with E-state index >= 15 is 0 Å². The second-order valence-electron chi connectivity index (χ2n) is 3.54. The summed E-state index contributed by atoms with van der Waals surface area (Å²) in [5.41, 5.74) is 0. The average molecular weight is 238 g/mol. The van der Waals surface area contributed by atoms with Gasteiger partial charge in [0.2, 0.25) is 0 Å². The van der Waals surface area contributed by atoms with Crippen LogP contribution in [0.25, 0.3) is 0 Å². The van der Waals surface area contributed by atoms with Crippen molar-refractivity contribution in [3.05, 3.63) is 30.3 Å². The molecule has 0 aromatic heterocycles. The molecular weight excluding hydrogens is 220 g/mol. The molecule has 0 aliphatic rings. The minimum Gasteiger partial charge on any atom is -0.490 e. The Hall–Kier alpha value is -1.55. The summed E-state index contributed by atoms with van der Waals surface area (Å²) in [5.74, 6) is 0.505. The van der Waals surface area contributed by atoms with Crippen LogP contribution in [0, 0.1) is 0 Å². The number of ether oxygens (including phenoxy) is 3. The highest BCUT2D eigenvalue weighted by Crippen LogP contribution is 2.09. The molecule has 0 unspecified atom stereocenters. The summed E-state index contributed by atoms with van der Waals surface area (Å²) in [4.78, 5) is 11.2. The molecule has 0 saturated carbocycles. The predicted molar refractivity (Wildman–Crippen MR) is 64.0 cm³/mol. The summed E-state index contributed by atoms with van der Waals surface area (Å²) in [6, 6.07) is 9.39. The quantitative estimate of drug-likeness (QED) is 0.682. The van der Waals surface area contributed by atoms with Gasteiger partial charge in [-0.3, -0.25) is 4.79 Å². The van der Waals surface area contributed by atoms with Crippen molar-refractivity contribution in [3.8, 4) is 5.75 Å². The third-order valence-electron chi connectivity index (χ3n) is 2.12. The monoisotopic (exact) mass is 238 g/mol. The van der Waals surface area contributed by atoms with Crippen molar-refractivity contribution in [1.29, 1.82) is 0 Å². The van der Waals surface area contributed by atoms with Crippen LogP contribution in [0.4, 0.5) is 0 Å². The second-order valence-corrected chi connectivity index (χ2v) is 3.54. The van der Waals surface area contributed by atoms with E-state index in [-0.39, 0.29) is 12.1 Å². The normalized spacial score (nSPS) is 11.9. The van der Waals surface area contributed by atoms with Crippen molar-refractivity contribution in [2.45, 2.75) is 19.4 Å². The molecule has 17 heavy (non-hydrogen) atoms. The zero-order valence-corrected chi connectivity index (χ0v) is 10.2. The minimum atomic E-state index is -0.368. The first-order chi connectivity index (χ1) is 8.26. The summed E-state index contributed by atoms with van der Waals surface area (Å²) < 4.78 is 15.7. The molecule has 0 spiro atoms. The molecule has 0 saturated heterocycles. The first-order valence-corrected chi connectivity index (χ1v) is 5.62. The van der Waals surface area contributed by atoms with E-state index in [0.29, 0.717) is 19.6 Å². The fourth-order valence-corrected chi connectivity index (χ4v) is 1.28. The lowest BCUT2D eigenvalue weighted by atomic mass is 10.3. The smallest absolute Gasteiger partial charge is 0.305 e. The Balaban J connectivity index is 2.41. The predicted octanol–water partition coefficient (Wildman–Crippen LogP) is 2.03. The van der Waals surface area contributed by atoms with Gasteiger partial charge in [0.15, 0.2) is 6.10 Å². The molecule has 0 N–H and O–H groups in total. The highest BCUT2D eigenvalue weighted by Gasteiger charge is 2.14. The average Bonchev–Trinajstić information content (AvgIpc) is 2.37. The number of benzene rings is 1. The van der Waals surface area contributed by atoms with E-state index in [4.69, 9.17) is 14.2 Å². The maximum atomic E-state index is 11.2. The third kappa shape index (κ3) is 5.36. The molecular formula is C13H18O4. The first-order valence-electron chi connectivity index (χ1n) is 5.62. The van der Waals surface area contributed by atoms with Crippen molar-refractivity contribution in [2.75, 3.05) is 20.3 Å². The van der Waals surface area contributed by atoms with Crippen LogP contribution in [-0.2, 0) is 14.3 Å². The Labute approximate surface area is 101 Å². The van der Waals surface area contributed by atoms with Gasteiger partial charge in [0, 0.05) is 13.5 Å². The number of hydrogen-bond donors (Lipinski definition) is 0. The molecule has 4 nitrogen and oxygen atoms in total. The van der Waals surface area contributed by atoms with Crippen molar-refractivity contribution in [3.63, 3.8) is 0 Å². The molecule has 4 heteroatoms. The molecule has 0 fully saturated rings. The Morgan fingerprint density at radius 1 is 1.24 bits per heavy atom. The molecule has 0 aliphatic carbocycles. The number of carbonyl (C=O) groups excluding carboxylic acids is 1. The van der Waals surface area contributed by atoms with Gasteiger partial charge >= 0.3 is 5.97 Å². The van der Waals surface area contributed by atoms with Gasteiger partial charge in [0.25, 0.3) is 0 Å². The maximum Gasteiger partial charge on any atom is 0.305 e. The highest BCUT2D eigenvalue weighted by atomic mass is 16.6. The molecule has 94 valence electrons. The minimum absolute atomic E-state index is 0.247. The molecule has 0 heterocycles. The van der Waals surface area contributed by atoms with Gasteiger partial charge in [0.05, 0.1) is 6.61 Å². The fraction of sp³-hybridized carbons (Fsp3) is 0.462. The van der Waals surface area contributed by atoms with Gasteiger partial charge in [-0.1, -0.05) is 25.1 Å². The van der Waals surface area contributed by atoms with Gasteiger partial charge in [-0.15, -0.1) is 0 Å². The van der Waals surface area contributed by atoms with Crippen LogP contribution in [0.2, 0.25) is 0 Å². The van der Waals surface area contributed by atoms with Crippen LogP contribution in [0.3, 0.4) is 0 Å². The zero-order valence-electron chi connectivity index (χ0n) is 10.2. The van der Waals surface area contributed by atoms with Crippen molar-refractivity contribution in [1.82, 2.24) is 0 Å². The van der Waals surface area contributed by atoms with E-state index in [1.54, 1.807) is 14.0 Å². The van der Waals surface area contributed by atoms with Crippen LogP contribution < -0.4 is 4.74 Å². The summed E-state index contributed by atoms with van der Waals surface area (Å²) in [6.45, 7) is 2.38. The van der Waals surface area contributed by atoms with E-state index < -0.39 is 0 Å². The largest absolute Gasteiger partial charge is 0.490 e. The number of para-hydroxylation sites is 1. The molecule has 1 rings (SSSR count). The lowest BCUT2D eigenvalue weighted by molar-refractivity contribution is -0.153. The Morgan fingerprint density at radius 2 is 1.94 bits per heavy atom. The zero-order chi connectivity index (χ0) is 12.5. The van der Waals surface area contributed by atoms with E-state index in [1.165, 1.54) is 0 Å². The highest BCUT2D eigenvalue weighted by molar-refractivity contribution is 5.69. The SMILES string of the molecule is CCC(=O)O[C@@H](COC)COc1ccccc1. The summed E-state index contributed by atoms with van der Waals surface area (Å²) >= 11 is 0. The molecule has 1 atom stereocenters. The van der Waals surface area contributed by atoms with Crippen LogP contribution in [0.15, 0.2) is 30.3 Å². The van der Waals surface area contributed by atoms with Crippen molar-refractivity contribution in [2.24, 2.45) is 0 Å². The molecule has 0 amide bonds. The van der Waals surface area contributed by atoms with Crippen molar-refractivity contribution >= 4 is 5.97 Å². The summed E-state index contributed by atoms with van der Waals surface area (Å²) in [7, 11) is 1.56. The third-order valence-corrected chi connectivity index (χ3v) is 2.12. The molecule has 1 aromatic carbocycles. The number of esters is 1. The number of carbonyl (C=O) groups is 1. The topological polar surface area (TPSA) is 44.8 Å². The van der Waals surface area contributed by atoms with Gasteiger partial charge in [-0.25, -0.2) is 0 Å². The number of rotatable bonds is 7. The fourth-order valence-electron chi connectivity index (χ4n) is 1.28. The first kappa shape index (κ1) is 13.5. The van der Waals surface area contributed by atoms with Gasteiger partial charge < -0.3 is 14.2 Å². The van der Waals surface area contributed by atoms with E-state index in [1.807, 2.05) is 30.3 Å². The lowest BCUT2D eigenvalue weighted by Gasteiger charge is -2.17. The molecule has 0 radical (unpaired) electrons. The molecule has 0 bridgehead atoms. The lowest BCUT2D eigenvalue weighted by Crippen LogP contribution is -2.29. The van der Waals surface area contributed by atoms with E-state index in [9.17, 15) is 4.79 Å². The molecule has 1 aromatic rings. The van der Waals surface area contributed by atoms with Crippen LogP contribution in [-0.4, -0.2) is 32.4 Å². The maximum absolute atomic E-state index is 11.2. The van der Waals surface area contributed by atoms with Crippen LogP contribution in [0.1, 0.15) is 13.3 Å². The Bertz CT molecular complexity index is 323. The van der Waals surface area contributed by atoms with E-state index in [0.717, 1.165) is 5.75 Å². The van der Waals surface area contributed by atoms with Gasteiger partial charge in [-0.05, 0) is 12.1 Å². The number of hydrogen-bond acceptors (Lipinski definition) is 4.